The van der Waals surface area contributed by atoms with E-state index in [2.05, 4.69) is 17.6 Å². The van der Waals surface area contributed by atoms with Crippen molar-refractivity contribution in [1.82, 2.24) is 15.5 Å². The molecule has 212 valence electrons. The Bertz CT molecular complexity index is 553. The van der Waals surface area contributed by atoms with E-state index in [0.29, 0.717) is 32.9 Å². The first kappa shape index (κ1) is 32.6. The van der Waals surface area contributed by atoms with Crippen LogP contribution >= 0.6 is 0 Å². The van der Waals surface area contributed by atoms with Crippen LogP contribution in [0.4, 0.5) is 9.59 Å². The summed E-state index contributed by atoms with van der Waals surface area (Å²) < 4.78 is 17.1. The Morgan fingerprint density at radius 1 is 0.861 bits per heavy atom. The molecule has 1 atom stereocenters. The van der Waals surface area contributed by atoms with Crippen LogP contribution < -0.4 is 10.6 Å². The van der Waals surface area contributed by atoms with Gasteiger partial charge in [0.1, 0.15) is 12.2 Å². The number of hydrogen-bond acceptors (Lipinski definition) is 6. The molecular weight excluding hydrogens is 458 g/mol. The van der Waals surface area contributed by atoms with Crippen molar-refractivity contribution < 1.29 is 23.8 Å². The molecule has 36 heavy (non-hydrogen) atoms. The Morgan fingerprint density at radius 2 is 1.44 bits per heavy atom. The maximum Gasteiger partial charge on any atom is 0.415 e. The summed E-state index contributed by atoms with van der Waals surface area (Å²) in [6, 6.07) is -0.558. The average molecular weight is 514 g/mol. The monoisotopic (exact) mass is 513 g/mol. The predicted octanol–water partition coefficient (Wildman–Crippen LogP) is 6.03. The highest BCUT2D eigenvalue weighted by atomic mass is 16.6. The minimum atomic E-state index is -0.765. The molecule has 0 aromatic rings. The number of hydrogen-bond donors (Lipinski definition) is 2. The molecule has 0 aromatic heterocycles. The standard InChI is InChI=1S/C28H55N3O5/c1-4-5-6-7-8-9-10-11-12-13-14-15-16-17-22-34-24-28(19-18-23-36-28)25-35-27(33)30-26(32)29-20-21-31(2)3/h4-25H2,1-3H3,(H2,29,30,32,33). The first-order chi connectivity index (χ1) is 17.5. The van der Waals surface area contributed by atoms with E-state index in [-0.39, 0.29) is 6.61 Å². The number of nitrogens with one attached hydrogen (secondary N) is 2. The molecule has 0 bridgehead atoms. The highest BCUT2D eigenvalue weighted by Crippen LogP contribution is 2.26. The zero-order valence-electron chi connectivity index (χ0n) is 23.5. The van der Waals surface area contributed by atoms with Gasteiger partial charge in [0.25, 0.3) is 0 Å². The van der Waals surface area contributed by atoms with Crippen molar-refractivity contribution in [3.8, 4) is 0 Å². The molecule has 1 heterocycles. The molecule has 3 amide bonds. The van der Waals surface area contributed by atoms with Gasteiger partial charge in [-0.05, 0) is 33.4 Å². The molecule has 1 unspecified atom stereocenters. The first-order valence-electron chi connectivity index (χ1n) is 14.6. The van der Waals surface area contributed by atoms with Crippen LogP contribution in [0, 0.1) is 0 Å². The lowest BCUT2D eigenvalue weighted by atomic mass is 10.0. The van der Waals surface area contributed by atoms with Gasteiger partial charge in [0.15, 0.2) is 0 Å². The summed E-state index contributed by atoms with van der Waals surface area (Å²) in [6.45, 7) is 5.24. The fourth-order valence-corrected chi connectivity index (χ4v) is 4.44. The highest BCUT2D eigenvalue weighted by Gasteiger charge is 2.37. The number of unbranched alkanes of at least 4 members (excludes halogenated alkanes) is 13. The molecular formula is C28H55N3O5. The third-order valence-corrected chi connectivity index (χ3v) is 6.72. The SMILES string of the molecule is CCCCCCCCCCCCCCCCOCC1(COC(=O)NC(=O)NCCN(C)C)CCCO1. The van der Waals surface area contributed by atoms with Crippen LogP contribution in [0.5, 0.6) is 0 Å². The van der Waals surface area contributed by atoms with E-state index >= 15 is 0 Å². The lowest BCUT2D eigenvalue weighted by Gasteiger charge is -2.27. The van der Waals surface area contributed by atoms with E-state index in [1.807, 2.05) is 19.0 Å². The average Bonchev–Trinajstić information content (AvgIpc) is 3.31. The highest BCUT2D eigenvalue weighted by molar-refractivity contribution is 5.90. The second-order valence-corrected chi connectivity index (χ2v) is 10.5. The van der Waals surface area contributed by atoms with Crippen molar-refractivity contribution in [1.29, 1.82) is 0 Å². The van der Waals surface area contributed by atoms with Crippen LogP contribution in [-0.4, -0.2) is 76.2 Å². The van der Waals surface area contributed by atoms with Crippen LogP contribution in [0.1, 0.15) is 110 Å². The maximum absolute atomic E-state index is 12.0. The minimum Gasteiger partial charge on any atom is -0.446 e. The summed E-state index contributed by atoms with van der Waals surface area (Å²) in [6.07, 6.45) is 19.6. The quantitative estimate of drug-likeness (QED) is 0.172. The number of alkyl carbamates (subject to hydrolysis) is 1. The number of amides is 3. The first-order valence-corrected chi connectivity index (χ1v) is 14.6. The van der Waals surface area contributed by atoms with Crippen molar-refractivity contribution in [3.63, 3.8) is 0 Å². The van der Waals surface area contributed by atoms with E-state index in [1.54, 1.807) is 0 Å². The molecule has 8 nitrogen and oxygen atoms in total. The maximum atomic E-state index is 12.0. The Morgan fingerprint density at radius 3 is 1.97 bits per heavy atom. The molecule has 8 heteroatoms. The van der Waals surface area contributed by atoms with Gasteiger partial charge in [0.2, 0.25) is 0 Å². The number of imide groups is 1. The fraction of sp³-hybridized carbons (Fsp3) is 0.929. The minimum absolute atomic E-state index is 0.0859. The van der Waals surface area contributed by atoms with Gasteiger partial charge in [-0.2, -0.15) is 0 Å². The number of carbonyl (C=O) groups is 2. The second kappa shape index (κ2) is 21.7. The third kappa shape index (κ3) is 18.0. The molecule has 0 aromatic carbocycles. The van der Waals surface area contributed by atoms with Crippen molar-refractivity contribution in [2.45, 2.75) is 115 Å². The smallest absolute Gasteiger partial charge is 0.415 e. The summed E-state index contributed by atoms with van der Waals surface area (Å²) in [7, 11) is 3.83. The van der Waals surface area contributed by atoms with E-state index < -0.39 is 17.7 Å². The molecule has 1 fully saturated rings. The van der Waals surface area contributed by atoms with Gasteiger partial charge in [-0.25, -0.2) is 14.9 Å². The van der Waals surface area contributed by atoms with E-state index in [1.165, 1.54) is 83.5 Å². The summed E-state index contributed by atoms with van der Waals surface area (Å²) in [5.41, 5.74) is -0.602. The summed E-state index contributed by atoms with van der Waals surface area (Å²) >= 11 is 0. The van der Waals surface area contributed by atoms with Crippen molar-refractivity contribution in [2.75, 3.05) is 53.6 Å². The predicted molar refractivity (Wildman–Crippen MR) is 145 cm³/mol. The molecule has 0 spiro atoms. The van der Waals surface area contributed by atoms with Gasteiger partial charge in [0.05, 0.1) is 6.61 Å². The lowest BCUT2D eigenvalue weighted by molar-refractivity contribution is -0.0931. The zero-order chi connectivity index (χ0) is 26.3. The van der Waals surface area contributed by atoms with Gasteiger partial charge >= 0.3 is 12.1 Å². The molecule has 1 saturated heterocycles. The van der Waals surface area contributed by atoms with Gasteiger partial charge in [-0.3, -0.25) is 0 Å². The van der Waals surface area contributed by atoms with Gasteiger partial charge in [-0.15, -0.1) is 0 Å². The Balaban J connectivity index is 2.01. The summed E-state index contributed by atoms with van der Waals surface area (Å²) in [5, 5.41) is 4.81. The van der Waals surface area contributed by atoms with E-state index in [4.69, 9.17) is 14.2 Å². The molecule has 0 radical (unpaired) electrons. The normalized spacial score (nSPS) is 17.4. The lowest BCUT2D eigenvalue weighted by Crippen LogP contribution is -2.45. The van der Waals surface area contributed by atoms with Gasteiger partial charge in [0, 0.05) is 26.3 Å². The summed E-state index contributed by atoms with van der Waals surface area (Å²) in [4.78, 5) is 25.7. The topological polar surface area (TPSA) is 89.1 Å². The number of ether oxygens (including phenoxy) is 3. The number of likely N-dealkylation sites (N-methyl/N-ethyl adjacent to an activating group) is 1. The molecule has 0 aliphatic carbocycles. The third-order valence-electron chi connectivity index (χ3n) is 6.72. The summed E-state index contributed by atoms with van der Waals surface area (Å²) in [5.74, 6) is 0. The fourth-order valence-electron chi connectivity index (χ4n) is 4.44. The Kier molecular flexibility index (Phi) is 19.7. The zero-order valence-corrected chi connectivity index (χ0v) is 23.5. The molecule has 1 rings (SSSR count). The van der Waals surface area contributed by atoms with Crippen LogP contribution in [0.15, 0.2) is 0 Å². The van der Waals surface area contributed by atoms with Gasteiger partial charge in [-0.1, -0.05) is 90.4 Å². The van der Waals surface area contributed by atoms with Gasteiger partial charge < -0.3 is 24.4 Å². The van der Waals surface area contributed by atoms with E-state index in [9.17, 15) is 9.59 Å². The molecule has 1 aliphatic rings. The van der Waals surface area contributed by atoms with Crippen LogP contribution in [0.25, 0.3) is 0 Å². The molecule has 1 aliphatic heterocycles. The Hall–Kier alpha value is -1.38. The number of rotatable bonds is 22. The molecule has 2 N–H and O–H groups in total. The number of urea groups is 1. The van der Waals surface area contributed by atoms with Crippen LogP contribution in [-0.2, 0) is 14.2 Å². The number of carbonyl (C=O) groups excluding carboxylic acids is 2. The molecule has 0 saturated carbocycles. The second-order valence-electron chi connectivity index (χ2n) is 10.5. The van der Waals surface area contributed by atoms with Crippen LogP contribution in [0.2, 0.25) is 0 Å². The van der Waals surface area contributed by atoms with Crippen LogP contribution in [0.3, 0.4) is 0 Å². The largest absolute Gasteiger partial charge is 0.446 e. The Labute approximate surface area is 220 Å². The number of nitrogens with zero attached hydrogens (tertiary/aromatic N) is 1. The van der Waals surface area contributed by atoms with Crippen molar-refractivity contribution in [3.05, 3.63) is 0 Å². The van der Waals surface area contributed by atoms with Crippen molar-refractivity contribution in [2.24, 2.45) is 0 Å². The van der Waals surface area contributed by atoms with E-state index in [0.717, 1.165) is 19.3 Å². The van der Waals surface area contributed by atoms with Crippen molar-refractivity contribution >= 4 is 12.1 Å².